The largest absolute Gasteiger partial charge is 0.247 e. The maximum atomic E-state index is 6.15. The SMILES string of the molecule is CC(C)c1ccc(Sc2ncc(Br)cc2Cl)cc1. The fourth-order valence-corrected chi connectivity index (χ4v) is 3.01. The lowest BCUT2D eigenvalue weighted by Crippen LogP contribution is -1.86. The Morgan fingerprint density at radius 1 is 1.22 bits per heavy atom. The predicted octanol–water partition coefficient (Wildman–Crippen LogP) is 5.77. The third kappa shape index (κ3) is 3.50. The molecule has 1 aromatic heterocycles. The van der Waals surface area contributed by atoms with E-state index in [9.17, 15) is 0 Å². The molecule has 1 nitrogen and oxygen atoms in total. The second-order valence-electron chi connectivity index (χ2n) is 4.27. The van der Waals surface area contributed by atoms with Gasteiger partial charge in [-0.1, -0.05) is 49.3 Å². The summed E-state index contributed by atoms with van der Waals surface area (Å²) in [6, 6.07) is 10.4. The Balaban J connectivity index is 2.18. The molecule has 4 heteroatoms. The van der Waals surface area contributed by atoms with E-state index in [1.807, 2.05) is 6.07 Å². The van der Waals surface area contributed by atoms with Crippen LogP contribution in [-0.2, 0) is 0 Å². The third-order valence-corrected chi connectivity index (χ3v) is 4.40. The fraction of sp³-hybridized carbons (Fsp3) is 0.214. The van der Waals surface area contributed by atoms with Crippen molar-refractivity contribution in [3.8, 4) is 0 Å². The first-order valence-electron chi connectivity index (χ1n) is 5.65. The van der Waals surface area contributed by atoms with Gasteiger partial charge in [-0.3, -0.25) is 0 Å². The highest BCUT2D eigenvalue weighted by Gasteiger charge is 2.06. The Bertz CT molecular complexity index is 540. The number of halogens is 2. The zero-order chi connectivity index (χ0) is 13.1. The number of aromatic nitrogens is 1. The van der Waals surface area contributed by atoms with Crippen LogP contribution in [0.15, 0.2) is 50.9 Å². The van der Waals surface area contributed by atoms with E-state index in [1.54, 1.807) is 18.0 Å². The highest BCUT2D eigenvalue weighted by atomic mass is 79.9. The first-order valence-corrected chi connectivity index (χ1v) is 7.64. The molecule has 1 aromatic carbocycles. The van der Waals surface area contributed by atoms with Crippen LogP contribution in [0.2, 0.25) is 5.02 Å². The van der Waals surface area contributed by atoms with E-state index in [0.717, 1.165) is 14.4 Å². The minimum absolute atomic E-state index is 0.554. The van der Waals surface area contributed by atoms with Gasteiger partial charge in [-0.25, -0.2) is 4.98 Å². The van der Waals surface area contributed by atoms with E-state index in [1.165, 1.54) is 5.56 Å². The number of benzene rings is 1. The van der Waals surface area contributed by atoms with Crippen LogP contribution in [0.5, 0.6) is 0 Å². The van der Waals surface area contributed by atoms with Gasteiger partial charge in [0.15, 0.2) is 0 Å². The van der Waals surface area contributed by atoms with E-state index < -0.39 is 0 Å². The Morgan fingerprint density at radius 2 is 1.89 bits per heavy atom. The van der Waals surface area contributed by atoms with Crippen LogP contribution in [0, 0.1) is 0 Å². The molecule has 1 heterocycles. The molecule has 18 heavy (non-hydrogen) atoms. The Hall–Kier alpha value is -0.510. The number of hydrogen-bond donors (Lipinski definition) is 0. The van der Waals surface area contributed by atoms with Crippen molar-refractivity contribution in [1.82, 2.24) is 4.98 Å². The van der Waals surface area contributed by atoms with Crippen LogP contribution >= 0.6 is 39.3 Å². The van der Waals surface area contributed by atoms with Gasteiger partial charge in [0.25, 0.3) is 0 Å². The van der Waals surface area contributed by atoms with Crippen molar-refractivity contribution in [2.24, 2.45) is 0 Å². The molecular formula is C14H13BrClNS. The smallest absolute Gasteiger partial charge is 0.119 e. The number of pyridine rings is 1. The van der Waals surface area contributed by atoms with Gasteiger partial charge in [-0.2, -0.15) is 0 Å². The summed E-state index contributed by atoms with van der Waals surface area (Å²) in [7, 11) is 0. The quantitative estimate of drug-likeness (QED) is 0.702. The summed E-state index contributed by atoms with van der Waals surface area (Å²) in [6.45, 7) is 4.38. The molecule has 0 spiro atoms. The second-order valence-corrected chi connectivity index (χ2v) is 6.65. The molecule has 0 saturated heterocycles. The molecule has 2 rings (SSSR count). The summed E-state index contributed by atoms with van der Waals surface area (Å²) in [4.78, 5) is 5.46. The van der Waals surface area contributed by atoms with Gasteiger partial charge in [-0.15, -0.1) is 0 Å². The van der Waals surface area contributed by atoms with E-state index >= 15 is 0 Å². The van der Waals surface area contributed by atoms with Crippen molar-refractivity contribution < 1.29 is 0 Å². The molecule has 0 saturated carbocycles. The van der Waals surface area contributed by atoms with E-state index in [2.05, 4.69) is 59.0 Å². The van der Waals surface area contributed by atoms with Crippen LogP contribution in [0.3, 0.4) is 0 Å². The monoisotopic (exact) mass is 341 g/mol. The van der Waals surface area contributed by atoms with Gasteiger partial charge in [0.05, 0.1) is 5.02 Å². The zero-order valence-corrected chi connectivity index (χ0v) is 13.3. The first-order chi connectivity index (χ1) is 8.56. The lowest BCUT2D eigenvalue weighted by atomic mass is 10.0. The summed E-state index contributed by atoms with van der Waals surface area (Å²) in [5.41, 5.74) is 1.34. The number of rotatable bonds is 3. The van der Waals surface area contributed by atoms with Gasteiger partial charge >= 0.3 is 0 Å². The van der Waals surface area contributed by atoms with Crippen LogP contribution in [0.4, 0.5) is 0 Å². The van der Waals surface area contributed by atoms with Crippen LogP contribution < -0.4 is 0 Å². The van der Waals surface area contributed by atoms with Crippen molar-refractivity contribution in [3.05, 3.63) is 51.6 Å². The van der Waals surface area contributed by atoms with Gasteiger partial charge in [0.1, 0.15) is 5.03 Å². The predicted molar refractivity (Wildman–Crippen MR) is 81.6 cm³/mol. The molecule has 0 radical (unpaired) electrons. The van der Waals surface area contributed by atoms with Gasteiger partial charge in [0.2, 0.25) is 0 Å². The zero-order valence-electron chi connectivity index (χ0n) is 10.2. The molecule has 0 N–H and O–H groups in total. The summed E-state index contributed by atoms with van der Waals surface area (Å²) in [6.07, 6.45) is 1.76. The van der Waals surface area contributed by atoms with E-state index in [4.69, 9.17) is 11.6 Å². The molecule has 0 fully saturated rings. The average Bonchev–Trinajstić information content (AvgIpc) is 2.33. The summed E-state index contributed by atoms with van der Waals surface area (Å²) in [5, 5.41) is 1.50. The molecule has 2 aromatic rings. The molecule has 0 aliphatic heterocycles. The Morgan fingerprint density at radius 3 is 2.44 bits per heavy atom. The van der Waals surface area contributed by atoms with Gasteiger partial charge < -0.3 is 0 Å². The van der Waals surface area contributed by atoms with E-state index in [-0.39, 0.29) is 0 Å². The molecule has 0 bridgehead atoms. The molecular weight excluding hydrogens is 330 g/mol. The van der Waals surface area contributed by atoms with Crippen LogP contribution in [0.25, 0.3) is 0 Å². The highest BCUT2D eigenvalue weighted by Crippen LogP contribution is 2.33. The topological polar surface area (TPSA) is 12.9 Å². The fourth-order valence-electron chi connectivity index (χ4n) is 1.51. The van der Waals surface area contributed by atoms with Gasteiger partial charge in [0, 0.05) is 15.6 Å². The first kappa shape index (κ1) is 13.9. The average molecular weight is 343 g/mol. The number of nitrogens with zero attached hydrogens (tertiary/aromatic N) is 1. The van der Waals surface area contributed by atoms with Crippen molar-refractivity contribution in [3.63, 3.8) is 0 Å². The molecule has 0 aliphatic carbocycles. The van der Waals surface area contributed by atoms with E-state index in [0.29, 0.717) is 10.9 Å². The minimum atomic E-state index is 0.554. The molecule has 0 unspecified atom stereocenters. The summed E-state index contributed by atoms with van der Waals surface area (Å²) < 4.78 is 0.895. The minimum Gasteiger partial charge on any atom is -0.247 e. The molecule has 0 aliphatic rings. The maximum Gasteiger partial charge on any atom is 0.119 e. The summed E-state index contributed by atoms with van der Waals surface area (Å²) in [5.74, 6) is 0.554. The van der Waals surface area contributed by atoms with Crippen molar-refractivity contribution in [2.75, 3.05) is 0 Å². The number of hydrogen-bond acceptors (Lipinski definition) is 2. The highest BCUT2D eigenvalue weighted by molar-refractivity contribution is 9.10. The maximum absolute atomic E-state index is 6.15. The van der Waals surface area contributed by atoms with Crippen LogP contribution in [-0.4, -0.2) is 4.98 Å². The Kier molecular flexibility index (Phi) is 4.71. The normalized spacial score (nSPS) is 10.9. The van der Waals surface area contributed by atoms with Crippen LogP contribution in [0.1, 0.15) is 25.3 Å². The lowest BCUT2D eigenvalue weighted by Gasteiger charge is -2.07. The third-order valence-electron chi connectivity index (χ3n) is 2.54. The van der Waals surface area contributed by atoms with Gasteiger partial charge in [-0.05, 0) is 45.6 Å². The second kappa shape index (κ2) is 6.09. The molecule has 94 valence electrons. The lowest BCUT2D eigenvalue weighted by molar-refractivity contribution is 0.865. The van der Waals surface area contributed by atoms with Crippen molar-refractivity contribution in [2.45, 2.75) is 29.7 Å². The molecule has 0 amide bonds. The van der Waals surface area contributed by atoms with Crippen molar-refractivity contribution in [1.29, 1.82) is 0 Å². The Labute approximate surface area is 125 Å². The standard InChI is InChI=1S/C14H13BrClNS/c1-9(2)10-3-5-12(6-4-10)18-14-13(16)7-11(15)8-17-14/h3-9H,1-2H3. The molecule has 0 atom stereocenters. The van der Waals surface area contributed by atoms with Crippen molar-refractivity contribution >= 4 is 39.3 Å². The summed E-state index contributed by atoms with van der Waals surface area (Å²) >= 11 is 11.1.